The first-order valence-corrected chi connectivity index (χ1v) is 32.2. The third kappa shape index (κ3) is 62.4. The van der Waals surface area contributed by atoms with Gasteiger partial charge in [-0.3, -0.25) is 14.4 Å². The Hall–Kier alpha value is -4.45. The first kappa shape index (κ1) is 73.5. The van der Waals surface area contributed by atoms with Gasteiger partial charge in [-0.15, -0.1) is 0 Å². The van der Waals surface area contributed by atoms with Crippen LogP contribution in [0.25, 0.3) is 0 Å². The van der Waals surface area contributed by atoms with Crippen LogP contribution in [0.2, 0.25) is 0 Å². The molecule has 1 unspecified atom stereocenters. The minimum absolute atomic E-state index is 0.0923. The van der Waals surface area contributed by atoms with Gasteiger partial charge in [0.25, 0.3) is 0 Å². The second kappa shape index (κ2) is 65.1. The molecule has 78 heavy (non-hydrogen) atoms. The molecule has 0 saturated carbocycles. The molecule has 0 aromatic heterocycles. The molecule has 0 spiro atoms. The standard InChI is InChI=1S/C72H118O6/c1-4-7-10-13-16-19-22-25-28-29-30-31-32-33-34-35-36-37-38-39-40-41-42-43-45-47-50-53-56-59-62-65-71(74)77-68-69(67-76-70(73)64-61-58-55-52-49-46-27-24-21-18-15-12-9-6-3)78-72(75)66-63-60-57-54-51-48-44-26-23-20-17-14-11-8-5-2/h7-8,10-11,16-17,19-20,24-28,30-31,33-34,44,51,54,60,63,69H,4-6,9,12-15,18,21-23,29,32,35-43,45-50,52-53,55-59,61-62,64-68H2,1-3H3/b10-7-,11-8-,19-16-,20-17-,27-24-,28-25-,31-30-,34-33-,44-26-,54-51-,63-60-. The molecule has 0 heterocycles. The molecule has 0 aromatic carbocycles. The van der Waals surface area contributed by atoms with Crippen molar-refractivity contribution in [2.45, 2.75) is 290 Å². The minimum Gasteiger partial charge on any atom is -0.462 e. The normalized spacial score (nSPS) is 13.0. The van der Waals surface area contributed by atoms with E-state index in [-0.39, 0.29) is 31.6 Å². The number of unbranched alkanes of at least 4 members (excludes halogenated alkanes) is 25. The number of allylic oxidation sites excluding steroid dienone is 21. The van der Waals surface area contributed by atoms with Crippen molar-refractivity contribution in [1.82, 2.24) is 0 Å². The van der Waals surface area contributed by atoms with E-state index in [1.807, 2.05) is 6.08 Å². The fraction of sp³-hybridized carbons (Fsp3) is 0.653. The Morgan fingerprint density at radius 1 is 0.282 bits per heavy atom. The molecule has 442 valence electrons. The van der Waals surface area contributed by atoms with Gasteiger partial charge in [0, 0.05) is 12.8 Å². The first-order chi connectivity index (χ1) is 38.5. The van der Waals surface area contributed by atoms with Gasteiger partial charge in [-0.25, -0.2) is 0 Å². The summed E-state index contributed by atoms with van der Waals surface area (Å²) in [7, 11) is 0. The summed E-state index contributed by atoms with van der Waals surface area (Å²) in [5.41, 5.74) is 0. The smallest absolute Gasteiger partial charge is 0.310 e. The summed E-state index contributed by atoms with van der Waals surface area (Å²) in [5.74, 6) is -1.06. The maximum atomic E-state index is 12.8. The van der Waals surface area contributed by atoms with Gasteiger partial charge >= 0.3 is 17.9 Å². The van der Waals surface area contributed by atoms with Crippen molar-refractivity contribution in [1.29, 1.82) is 0 Å². The van der Waals surface area contributed by atoms with Crippen molar-refractivity contribution < 1.29 is 28.6 Å². The Balaban J connectivity index is 4.29. The maximum absolute atomic E-state index is 12.8. The molecule has 0 fully saturated rings. The predicted molar refractivity (Wildman–Crippen MR) is 339 cm³/mol. The van der Waals surface area contributed by atoms with Crippen LogP contribution in [0, 0.1) is 0 Å². The third-order valence-corrected chi connectivity index (χ3v) is 13.4. The molecule has 6 nitrogen and oxygen atoms in total. The number of carbonyl (C=O) groups excluding carboxylic acids is 3. The van der Waals surface area contributed by atoms with Gasteiger partial charge in [-0.2, -0.15) is 0 Å². The Morgan fingerprint density at radius 3 is 0.859 bits per heavy atom. The Labute approximate surface area is 481 Å². The maximum Gasteiger partial charge on any atom is 0.310 e. The van der Waals surface area contributed by atoms with Gasteiger partial charge in [0.1, 0.15) is 13.2 Å². The van der Waals surface area contributed by atoms with E-state index in [0.29, 0.717) is 12.8 Å². The number of hydrogen-bond acceptors (Lipinski definition) is 6. The summed E-state index contributed by atoms with van der Waals surface area (Å²) in [4.78, 5) is 38.2. The van der Waals surface area contributed by atoms with Gasteiger partial charge in [-0.1, -0.05) is 283 Å². The Morgan fingerprint density at radius 2 is 0.538 bits per heavy atom. The van der Waals surface area contributed by atoms with Crippen LogP contribution in [-0.4, -0.2) is 37.2 Å². The highest BCUT2D eigenvalue weighted by Gasteiger charge is 2.19. The SMILES string of the molecule is CC/C=C\C/C=C\C/C=C\C/C=C\C/C=C\CCCCCCCCCCCCCCCCCC(=O)OCC(COC(=O)CCCCCCC/C=C\CCCCCCC)OC(=O)C/C=C\C/C=C\C/C=C\C/C=C\C/C=C\CC. The highest BCUT2D eigenvalue weighted by Crippen LogP contribution is 2.16. The number of carbonyl (C=O) groups is 3. The average molecular weight is 1080 g/mol. The van der Waals surface area contributed by atoms with Crippen LogP contribution in [0.5, 0.6) is 0 Å². The third-order valence-electron chi connectivity index (χ3n) is 13.4. The van der Waals surface area contributed by atoms with E-state index in [1.54, 1.807) is 6.08 Å². The van der Waals surface area contributed by atoms with Crippen molar-refractivity contribution in [3.8, 4) is 0 Å². The van der Waals surface area contributed by atoms with Gasteiger partial charge < -0.3 is 14.2 Å². The zero-order chi connectivity index (χ0) is 56.4. The first-order valence-electron chi connectivity index (χ1n) is 32.2. The second-order valence-electron chi connectivity index (χ2n) is 20.9. The quantitative estimate of drug-likeness (QED) is 0.0261. The zero-order valence-electron chi connectivity index (χ0n) is 50.6. The molecular formula is C72H118O6. The number of rotatable bonds is 57. The van der Waals surface area contributed by atoms with Crippen molar-refractivity contribution in [3.63, 3.8) is 0 Å². The molecule has 0 aliphatic carbocycles. The molecule has 0 aliphatic rings. The number of hydrogen-bond donors (Lipinski definition) is 0. The lowest BCUT2D eigenvalue weighted by atomic mass is 10.0. The highest BCUT2D eigenvalue weighted by molar-refractivity contribution is 5.72. The fourth-order valence-corrected chi connectivity index (χ4v) is 8.66. The largest absolute Gasteiger partial charge is 0.462 e. The Kier molecular flexibility index (Phi) is 61.4. The molecule has 0 rings (SSSR count). The lowest BCUT2D eigenvalue weighted by Gasteiger charge is -2.18. The minimum atomic E-state index is -0.839. The van der Waals surface area contributed by atoms with Crippen molar-refractivity contribution in [2.24, 2.45) is 0 Å². The van der Waals surface area contributed by atoms with E-state index in [2.05, 4.69) is 142 Å². The summed E-state index contributed by atoms with van der Waals surface area (Å²) >= 11 is 0. The van der Waals surface area contributed by atoms with Crippen LogP contribution in [0.4, 0.5) is 0 Å². The predicted octanol–water partition coefficient (Wildman–Crippen LogP) is 22.2. The summed E-state index contributed by atoms with van der Waals surface area (Å²) < 4.78 is 16.8. The molecule has 0 aromatic rings. The monoisotopic (exact) mass is 1080 g/mol. The van der Waals surface area contributed by atoms with Gasteiger partial charge in [0.05, 0.1) is 6.42 Å². The van der Waals surface area contributed by atoms with E-state index in [9.17, 15) is 14.4 Å². The van der Waals surface area contributed by atoms with Crippen LogP contribution in [-0.2, 0) is 28.6 Å². The summed E-state index contributed by atoms with van der Waals surface area (Å²) in [6, 6.07) is 0. The van der Waals surface area contributed by atoms with Gasteiger partial charge in [0.2, 0.25) is 0 Å². The summed E-state index contributed by atoms with van der Waals surface area (Å²) in [6.45, 7) is 6.32. The summed E-state index contributed by atoms with van der Waals surface area (Å²) in [6.07, 6.45) is 92.1. The van der Waals surface area contributed by atoms with Crippen molar-refractivity contribution in [3.05, 3.63) is 134 Å². The molecule has 0 bridgehead atoms. The molecule has 0 saturated heterocycles. The lowest BCUT2D eigenvalue weighted by molar-refractivity contribution is -0.166. The van der Waals surface area contributed by atoms with E-state index < -0.39 is 12.1 Å². The summed E-state index contributed by atoms with van der Waals surface area (Å²) in [5, 5.41) is 0. The van der Waals surface area contributed by atoms with E-state index >= 15 is 0 Å². The number of ether oxygens (including phenoxy) is 3. The fourth-order valence-electron chi connectivity index (χ4n) is 8.66. The van der Waals surface area contributed by atoms with Gasteiger partial charge in [0.15, 0.2) is 6.10 Å². The molecule has 1 atom stereocenters. The molecule has 0 amide bonds. The molecule has 6 heteroatoms. The average Bonchev–Trinajstić information content (AvgIpc) is 3.44. The van der Waals surface area contributed by atoms with Crippen molar-refractivity contribution >= 4 is 17.9 Å². The van der Waals surface area contributed by atoms with Crippen LogP contribution >= 0.6 is 0 Å². The molecule has 0 radical (unpaired) electrons. The van der Waals surface area contributed by atoms with E-state index in [0.717, 1.165) is 116 Å². The van der Waals surface area contributed by atoms with E-state index in [1.165, 1.54) is 128 Å². The van der Waals surface area contributed by atoms with Crippen LogP contribution in [0.3, 0.4) is 0 Å². The van der Waals surface area contributed by atoms with Crippen LogP contribution < -0.4 is 0 Å². The highest BCUT2D eigenvalue weighted by atomic mass is 16.6. The molecular weight excluding hydrogens is 961 g/mol. The lowest BCUT2D eigenvalue weighted by Crippen LogP contribution is -2.30. The Bertz CT molecular complexity index is 1670. The van der Waals surface area contributed by atoms with Crippen LogP contribution in [0.15, 0.2) is 134 Å². The van der Waals surface area contributed by atoms with E-state index in [4.69, 9.17) is 14.2 Å². The van der Waals surface area contributed by atoms with Crippen LogP contribution in [0.1, 0.15) is 284 Å². The second-order valence-corrected chi connectivity index (χ2v) is 20.9. The number of esters is 3. The zero-order valence-corrected chi connectivity index (χ0v) is 50.6. The topological polar surface area (TPSA) is 78.9 Å². The molecule has 0 N–H and O–H groups in total. The molecule has 0 aliphatic heterocycles. The van der Waals surface area contributed by atoms with Gasteiger partial charge in [-0.05, 0) is 116 Å². The van der Waals surface area contributed by atoms with Crippen molar-refractivity contribution in [2.75, 3.05) is 13.2 Å².